The van der Waals surface area contributed by atoms with Crippen LogP contribution in [-0.4, -0.2) is 29.9 Å². The second-order valence-electron chi connectivity index (χ2n) is 11.8. The number of amides is 1. The lowest BCUT2D eigenvalue weighted by atomic mass is 9.49. The van der Waals surface area contributed by atoms with E-state index in [4.69, 9.17) is 5.73 Å². The number of nitrogens with zero attached hydrogens (tertiary/aromatic N) is 1. The third-order valence-corrected chi connectivity index (χ3v) is 8.74. The minimum absolute atomic E-state index is 0.0201. The van der Waals surface area contributed by atoms with Crippen LogP contribution in [0.5, 0.6) is 0 Å². The highest BCUT2D eigenvalue weighted by Gasteiger charge is 2.55. The first-order chi connectivity index (χ1) is 14.6. The van der Waals surface area contributed by atoms with Crippen molar-refractivity contribution in [2.45, 2.75) is 84.6 Å². The summed E-state index contributed by atoms with van der Waals surface area (Å²) in [6.07, 6.45) is 8.73. The molecule has 2 bridgehead atoms. The summed E-state index contributed by atoms with van der Waals surface area (Å²) >= 11 is 0. The van der Waals surface area contributed by atoms with E-state index >= 15 is 0 Å². The second kappa shape index (κ2) is 8.06. The van der Waals surface area contributed by atoms with Gasteiger partial charge < -0.3 is 10.6 Å². The maximum atomic E-state index is 14.1. The molecular weight excluding hydrogens is 380 g/mol. The summed E-state index contributed by atoms with van der Waals surface area (Å²) in [5.41, 5.74) is 9.18. The van der Waals surface area contributed by atoms with Crippen LogP contribution < -0.4 is 5.73 Å². The molecule has 0 aromatic heterocycles. The lowest BCUT2D eigenvalue weighted by Crippen LogP contribution is -2.59. The Labute approximate surface area is 189 Å². The number of rotatable bonds is 3. The van der Waals surface area contributed by atoms with Crippen LogP contribution in [0.2, 0.25) is 0 Å². The van der Waals surface area contributed by atoms with Gasteiger partial charge in [-0.15, -0.1) is 0 Å². The van der Waals surface area contributed by atoms with Crippen LogP contribution in [0.15, 0.2) is 42.0 Å². The molecule has 1 aromatic rings. The minimum Gasteiger partial charge on any atom is -0.342 e. The van der Waals surface area contributed by atoms with Crippen LogP contribution in [0.1, 0.15) is 78.7 Å². The van der Waals surface area contributed by atoms with Crippen molar-refractivity contribution in [1.82, 2.24) is 4.90 Å². The molecule has 2 N–H and O–H groups in total. The number of allylic oxidation sites excluding steroid dienone is 2. The summed E-state index contributed by atoms with van der Waals surface area (Å²) in [7, 11) is 0. The van der Waals surface area contributed by atoms with Gasteiger partial charge in [0.05, 0.1) is 0 Å². The number of fused-ring (bicyclic) bond motifs is 2. The Kier molecular flexibility index (Phi) is 5.87. The SMILES string of the molecule is CC/C=C1\C(C)CC2(c3ccccc3)CC1CC(C)(C(=O)N1CCC(N)C(C)(C)C1)C2. The van der Waals surface area contributed by atoms with Crippen LogP contribution in [0.4, 0.5) is 0 Å². The average molecular weight is 423 g/mol. The quantitative estimate of drug-likeness (QED) is 0.636. The summed E-state index contributed by atoms with van der Waals surface area (Å²) < 4.78 is 0. The van der Waals surface area contributed by atoms with Gasteiger partial charge in [0.1, 0.15) is 0 Å². The molecule has 3 nitrogen and oxygen atoms in total. The molecule has 1 saturated heterocycles. The van der Waals surface area contributed by atoms with Gasteiger partial charge in [-0.05, 0) is 66.8 Å². The third kappa shape index (κ3) is 3.99. The molecular formula is C28H42N2O. The number of benzene rings is 1. The van der Waals surface area contributed by atoms with Gasteiger partial charge >= 0.3 is 0 Å². The number of hydrogen-bond donors (Lipinski definition) is 1. The number of piperidine rings is 1. The molecule has 31 heavy (non-hydrogen) atoms. The molecule has 5 unspecified atom stereocenters. The Balaban J connectivity index is 1.70. The topological polar surface area (TPSA) is 46.3 Å². The van der Waals surface area contributed by atoms with E-state index in [9.17, 15) is 4.79 Å². The Morgan fingerprint density at radius 2 is 1.87 bits per heavy atom. The summed E-state index contributed by atoms with van der Waals surface area (Å²) in [6.45, 7) is 12.9. The molecule has 2 aliphatic carbocycles. The molecule has 0 spiro atoms. The lowest BCUT2D eigenvalue weighted by molar-refractivity contribution is -0.150. The van der Waals surface area contributed by atoms with E-state index in [0.717, 1.165) is 45.2 Å². The maximum absolute atomic E-state index is 14.1. The van der Waals surface area contributed by atoms with Gasteiger partial charge in [0.15, 0.2) is 0 Å². The number of carbonyl (C=O) groups is 1. The van der Waals surface area contributed by atoms with Gasteiger partial charge in [0.2, 0.25) is 5.91 Å². The van der Waals surface area contributed by atoms with E-state index in [2.05, 4.69) is 75.9 Å². The lowest BCUT2D eigenvalue weighted by Gasteiger charge is -2.56. The molecule has 4 rings (SSSR count). The zero-order chi connectivity index (χ0) is 22.4. The number of nitrogens with two attached hydrogens (primary N) is 1. The largest absolute Gasteiger partial charge is 0.342 e. The molecule has 1 aromatic carbocycles. The van der Waals surface area contributed by atoms with Crippen molar-refractivity contribution in [2.75, 3.05) is 13.1 Å². The van der Waals surface area contributed by atoms with Crippen LogP contribution in [-0.2, 0) is 10.2 Å². The van der Waals surface area contributed by atoms with Crippen LogP contribution in [0.3, 0.4) is 0 Å². The highest BCUT2D eigenvalue weighted by atomic mass is 16.2. The van der Waals surface area contributed by atoms with E-state index in [0.29, 0.717) is 17.7 Å². The van der Waals surface area contributed by atoms with Crippen molar-refractivity contribution >= 4 is 5.91 Å². The predicted octanol–water partition coefficient (Wildman–Crippen LogP) is 5.69. The van der Waals surface area contributed by atoms with E-state index in [1.165, 1.54) is 12.0 Å². The molecule has 5 atom stereocenters. The first-order valence-corrected chi connectivity index (χ1v) is 12.4. The highest BCUT2D eigenvalue weighted by molar-refractivity contribution is 5.83. The first kappa shape index (κ1) is 22.6. The van der Waals surface area contributed by atoms with Crippen LogP contribution >= 0.6 is 0 Å². The van der Waals surface area contributed by atoms with E-state index < -0.39 is 0 Å². The third-order valence-electron chi connectivity index (χ3n) is 8.74. The fraction of sp³-hybridized carbons (Fsp3) is 0.679. The molecule has 3 fully saturated rings. The van der Waals surface area contributed by atoms with Crippen molar-refractivity contribution in [2.24, 2.45) is 28.4 Å². The summed E-state index contributed by atoms with van der Waals surface area (Å²) in [6, 6.07) is 11.2. The van der Waals surface area contributed by atoms with E-state index in [-0.39, 0.29) is 22.3 Å². The Morgan fingerprint density at radius 1 is 1.16 bits per heavy atom. The molecule has 3 aliphatic rings. The number of hydrogen-bond acceptors (Lipinski definition) is 2. The highest BCUT2D eigenvalue weighted by Crippen LogP contribution is 2.60. The van der Waals surface area contributed by atoms with Gasteiger partial charge in [-0.25, -0.2) is 0 Å². The Morgan fingerprint density at radius 3 is 2.52 bits per heavy atom. The zero-order valence-corrected chi connectivity index (χ0v) is 20.3. The maximum Gasteiger partial charge on any atom is 0.228 e. The van der Waals surface area contributed by atoms with Gasteiger partial charge in [-0.3, -0.25) is 4.79 Å². The van der Waals surface area contributed by atoms with Crippen molar-refractivity contribution in [1.29, 1.82) is 0 Å². The second-order valence-corrected chi connectivity index (χ2v) is 11.8. The standard InChI is InChI=1S/C28H42N2O/c1-6-10-23-20(2)15-28(22-11-8-7-9-12-22)17-21(23)16-27(5,18-28)25(31)30-14-13-24(29)26(3,4)19-30/h7-12,20-21,24H,6,13-19,29H2,1-5H3/b23-10+. The number of likely N-dealkylation sites (tertiary alicyclic amines) is 1. The summed E-state index contributed by atoms with van der Waals surface area (Å²) in [5.74, 6) is 1.46. The average Bonchev–Trinajstić information content (AvgIpc) is 2.72. The summed E-state index contributed by atoms with van der Waals surface area (Å²) in [4.78, 5) is 16.2. The van der Waals surface area contributed by atoms with Gasteiger partial charge in [0, 0.05) is 24.5 Å². The van der Waals surface area contributed by atoms with E-state index in [1.54, 1.807) is 5.57 Å². The van der Waals surface area contributed by atoms with Crippen molar-refractivity contribution in [3.63, 3.8) is 0 Å². The fourth-order valence-electron chi connectivity index (χ4n) is 7.30. The van der Waals surface area contributed by atoms with Crippen LogP contribution in [0.25, 0.3) is 0 Å². The fourth-order valence-corrected chi connectivity index (χ4v) is 7.30. The Bertz CT molecular complexity index is 840. The van der Waals surface area contributed by atoms with Gasteiger partial charge in [-0.1, -0.05) is 76.6 Å². The molecule has 3 heteroatoms. The van der Waals surface area contributed by atoms with Gasteiger partial charge in [0.25, 0.3) is 0 Å². The Hall–Kier alpha value is -1.61. The number of carbonyl (C=O) groups excluding carboxylic acids is 1. The first-order valence-electron chi connectivity index (χ1n) is 12.4. The molecule has 1 aliphatic heterocycles. The predicted molar refractivity (Wildman–Crippen MR) is 129 cm³/mol. The van der Waals surface area contributed by atoms with Crippen molar-refractivity contribution in [3.8, 4) is 0 Å². The molecule has 1 amide bonds. The zero-order valence-electron chi connectivity index (χ0n) is 20.3. The van der Waals surface area contributed by atoms with Gasteiger partial charge in [-0.2, -0.15) is 0 Å². The molecule has 0 radical (unpaired) electrons. The van der Waals surface area contributed by atoms with Crippen LogP contribution in [0, 0.1) is 22.7 Å². The molecule has 170 valence electrons. The monoisotopic (exact) mass is 422 g/mol. The minimum atomic E-state index is -0.316. The summed E-state index contributed by atoms with van der Waals surface area (Å²) in [5, 5.41) is 0. The van der Waals surface area contributed by atoms with E-state index in [1.807, 2.05) is 0 Å². The molecule has 2 saturated carbocycles. The molecule has 1 heterocycles. The smallest absolute Gasteiger partial charge is 0.228 e. The van der Waals surface area contributed by atoms with Crippen molar-refractivity contribution < 1.29 is 4.79 Å². The normalized spacial score (nSPS) is 38.8. The van der Waals surface area contributed by atoms with Crippen molar-refractivity contribution in [3.05, 3.63) is 47.5 Å².